The number of carbonyl (C=O) groups is 3. The molecule has 16 heavy (non-hydrogen) atoms. The van der Waals surface area contributed by atoms with Gasteiger partial charge in [0.05, 0.1) is 0 Å². The van der Waals surface area contributed by atoms with Crippen LogP contribution in [0.3, 0.4) is 0 Å². The minimum absolute atomic E-state index is 0.0389. The fourth-order valence-corrected chi connectivity index (χ4v) is 1.16. The predicted molar refractivity (Wildman–Crippen MR) is 59.7 cm³/mol. The molecule has 0 heterocycles. The highest BCUT2D eigenvalue weighted by atomic mass is 16.2. The number of nitrogens with two attached hydrogens (primary N) is 1. The Balaban J connectivity index is 4.17. The van der Waals surface area contributed by atoms with E-state index < -0.39 is 18.0 Å². The van der Waals surface area contributed by atoms with Crippen LogP contribution in [0.1, 0.15) is 32.6 Å². The van der Waals surface area contributed by atoms with Crippen molar-refractivity contribution < 1.29 is 14.4 Å². The smallest absolute Gasteiger partial charge is 0.315 e. The summed E-state index contributed by atoms with van der Waals surface area (Å²) in [7, 11) is 1.42. The molecular weight excluding hydrogens is 210 g/mol. The van der Waals surface area contributed by atoms with Crippen molar-refractivity contribution in [3.8, 4) is 0 Å². The van der Waals surface area contributed by atoms with Crippen molar-refractivity contribution in [2.24, 2.45) is 5.73 Å². The summed E-state index contributed by atoms with van der Waals surface area (Å²) in [5, 5.41) is 4.63. The number of nitrogens with one attached hydrogen (secondary N) is 2. The summed E-state index contributed by atoms with van der Waals surface area (Å²) in [5.41, 5.74) is 5.08. The Morgan fingerprint density at radius 3 is 2.38 bits per heavy atom. The van der Waals surface area contributed by atoms with Crippen LogP contribution in [0.25, 0.3) is 0 Å². The van der Waals surface area contributed by atoms with Gasteiger partial charge in [-0.2, -0.15) is 0 Å². The molecule has 0 aliphatic rings. The first-order valence-electron chi connectivity index (χ1n) is 5.30. The molecule has 0 saturated heterocycles. The summed E-state index contributed by atoms with van der Waals surface area (Å²) >= 11 is 0. The SMILES string of the molecule is CCCCC(=O)CC(NC(=O)NC)C(N)=O. The average Bonchev–Trinajstić information content (AvgIpc) is 2.24. The number of Topliss-reactive ketones (excluding diaryl/α,β-unsaturated/α-hetero) is 1. The van der Waals surface area contributed by atoms with E-state index >= 15 is 0 Å². The van der Waals surface area contributed by atoms with Gasteiger partial charge in [0.15, 0.2) is 0 Å². The van der Waals surface area contributed by atoms with Crippen LogP contribution in [0, 0.1) is 0 Å². The van der Waals surface area contributed by atoms with Crippen molar-refractivity contribution in [3.05, 3.63) is 0 Å². The summed E-state index contributed by atoms with van der Waals surface area (Å²) < 4.78 is 0. The molecule has 1 unspecified atom stereocenters. The minimum Gasteiger partial charge on any atom is -0.368 e. The van der Waals surface area contributed by atoms with Crippen LogP contribution in [-0.4, -0.2) is 30.8 Å². The molecule has 92 valence electrons. The maximum Gasteiger partial charge on any atom is 0.315 e. The normalized spacial score (nSPS) is 11.6. The standard InChI is InChI=1S/C10H19N3O3/c1-3-4-5-7(14)6-8(9(11)15)13-10(16)12-2/h8H,3-6H2,1-2H3,(H2,11,15)(H2,12,13,16). The molecule has 0 aromatic rings. The van der Waals surface area contributed by atoms with E-state index in [-0.39, 0.29) is 12.2 Å². The predicted octanol–water partition coefficient (Wildman–Crippen LogP) is -0.0813. The van der Waals surface area contributed by atoms with Crippen LogP contribution >= 0.6 is 0 Å². The van der Waals surface area contributed by atoms with Gasteiger partial charge in [-0.15, -0.1) is 0 Å². The van der Waals surface area contributed by atoms with Gasteiger partial charge in [0.2, 0.25) is 5.91 Å². The van der Waals surface area contributed by atoms with E-state index in [1.165, 1.54) is 7.05 Å². The maximum atomic E-state index is 11.4. The second-order valence-corrected chi connectivity index (χ2v) is 3.52. The molecule has 0 spiro atoms. The van der Waals surface area contributed by atoms with Gasteiger partial charge in [0.1, 0.15) is 11.8 Å². The molecule has 6 heteroatoms. The highest BCUT2D eigenvalue weighted by molar-refractivity contribution is 5.91. The van der Waals surface area contributed by atoms with Crippen LogP contribution in [0.4, 0.5) is 4.79 Å². The van der Waals surface area contributed by atoms with Gasteiger partial charge in [-0.25, -0.2) is 4.79 Å². The lowest BCUT2D eigenvalue weighted by Gasteiger charge is -2.14. The van der Waals surface area contributed by atoms with E-state index in [4.69, 9.17) is 5.73 Å². The van der Waals surface area contributed by atoms with Crippen LogP contribution < -0.4 is 16.4 Å². The number of amides is 3. The summed E-state index contributed by atoms with van der Waals surface area (Å²) in [4.78, 5) is 33.4. The molecular formula is C10H19N3O3. The molecule has 1 atom stereocenters. The molecule has 0 aliphatic carbocycles. The zero-order valence-corrected chi connectivity index (χ0v) is 9.71. The molecule has 0 aromatic carbocycles. The Hall–Kier alpha value is -1.59. The van der Waals surface area contributed by atoms with Crippen molar-refractivity contribution in [1.82, 2.24) is 10.6 Å². The number of carbonyl (C=O) groups excluding carboxylic acids is 3. The third-order valence-corrected chi connectivity index (χ3v) is 2.12. The number of hydrogen-bond acceptors (Lipinski definition) is 3. The monoisotopic (exact) mass is 229 g/mol. The topological polar surface area (TPSA) is 101 Å². The fraction of sp³-hybridized carbons (Fsp3) is 0.700. The Bertz CT molecular complexity index is 266. The van der Waals surface area contributed by atoms with Gasteiger partial charge < -0.3 is 16.4 Å². The lowest BCUT2D eigenvalue weighted by molar-refractivity contribution is -0.125. The minimum atomic E-state index is -0.927. The van der Waals surface area contributed by atoms with E-state index in [0.29, 0.717) is 6.42 Å². The third kappa shape index (κ3) is 6.00. The van der Waals surface area contributed by atoms with E-state index in [2.05, 4.69) is 10.6 Å². The van der Waals surface area contributed by atoms with Gasteiger partial charge in [-0.05, 0) is 6.42 Å². The van der Waals surface area contributed by atoms with Crippen molar-refractivity contribution in [2.75, 3.05) is 7.05 Å². The number of urea groups is 1. The average molecular weight is 229 g/mol. The van der Waals surface area contributed by atoms with Crippen molar-refractivity contribution in [1.29, 1.82) is 0 Å². The number of rotatable bonds is 7. The first kappa shape index (κ1) is 14.4. The highest BCUT2D eigenvalue weighted by Crippen LogP contribution is 2.01. The summed E-state index contributed by atoms with van der Waals surface area (Å²) in [6, 6.07) is -1.45. The van der Waals surface area contributed by atoms with Gasteiger partial charge in [0.25, 0.3) is 0 Å². The summed E-state index contributed by atoms with van der Waals surface area (Å²) in [6.45, 7) is 1.97. The molecule has 0 saturated carbocycles. The van der Waals surface area contributed by atoms with E-state index in [1.807, 2.05) is 6.92 Å². The van der Waals surface area contributed by atoms with Crippen LogP contribution in [0.2, 0.25) is 0 Å². The van der Waals surface area contributed by atoms with Crippen molar-refractivity contribution in [2.45, 2.75) is 38.6 Å². The molecule has 0 radical (unpaired) electrons. The zero-order chi connectivity index (χ0) is 12.6. The molecule has 0 rings (SSSR count). The Morgan fingerprint density at radius 2 is 1.94 bits per heavy atom. The fourth-order valence-electron chi connectivity index (χ4n) is 1.16. The molecule has 0 aromatic heterocycles. The summed E-state index contributed by atoms with van der Waals surface area (Å²) in [5.74, 6) is -0.768. The van der Waals surface area contributed by atoms with Gasteiger partial charge in [0, 0.05) is 19.9 Å². The van der Waals surface area contributed by atoms with E-state index in [0.717, 1.165) is 12.8 Å². The van der Waals surface area contributed by atoms with Crippen molar-refractivity contribution >= 4 is 17.7 Å². The first-order valence-corrected chi connectivity index (χ1v) is 5.30. The van der Waals surface area contributed by atoms with Gasteiger partial charge >= 0.3 is 6.03 Å². The van der Waals surface area contributed by atoms with Gasteiger partial charge in [-0.3, -0.25) is 9.59 Å². The van der Waals surface area contributed by atoms with E-state index in [1.54, 1.807) is 0 Å². The lowest BCUT2D eigenvalue weighted by Crippen LogP contribution is -2.48. The Kier molecular flexibility index (Phi) is 6.91. The quantitative estimate of drug-likeness (QED) is 0.569. The molecule has 3 amide bonds. The second-order valence-electron chi connectivity index (χ2n) is 3.52. The number of unbranched alkanes of at least 4 members (excludes halogenated alkanes) is 1. The second kappa shape index (κ2) is 7.67. The Morgan fingerprint density at radius 1 is 1.31 bits per heavy atom. The Labute approximate surface area is 94.9 Å². The van der Waals surface area contributed by atoms with Gasteiger partial charge in [-0.1, -0.05) is 13.3 Å². The van der Waals surface area contributed by atoms with Crippen molar-refractivity contribution in [3.63, 3.8) is 0 Å². The van der Waals surface area contributed by atoms with Crippen LogP contribution in [-0.2, 0) is 9.59 Å². The molecule has 0 bridgehead atoms. The zero-order valence-electron chi connectivity index (χ0n) is 9.71. The largest absolute Gasteiger partial charge is 0.368 e. The molecule has 4 N–H and O–H groups in total. The molecule has 6 nitrogen and oxygen atoms in total. The summed E-state index contributed by atoms with van der Waals surface area (Å²) in [6.07, 6.45) is 2.07. The van der Waals surface area contributed by atoms with E-state index in [9.17, 15) is 14.4 Å². The highest BCUT2D eigenvalue weighted by Gasteiger charge is 2.20. The third-order valence-electron chi connectivity index (χ3n) is 2.12. The molecule has 0 aliphatic heterocycles. The van der Waals surface area contributed by atoms with Crippen LogP contribution in [0.5, 0.6) is 0 Å². The number of ketones is 1. The first-order chi connectivity index (χ1) is 7.51. The van der Waals surface area contributed by atoms with Crippen LogP contribution in [0.15, 0.2) is 0 Å². The number of primary amides is 1. The molecule has 0 fully saturated rings. The number of hydrogen-bond donors (Lipinski definition) is 3. The lowest BCUT2D eigenvalue weighted by atomic mass is 10.1. The maximum absolute atomic E-state index is 11.4.